The molecule has 10 heteroatoms. The zero-order chi connectivity index (χ0) is 21.4. The Bertz CT molecular complexity index is 909. The van der Waals surface area contributed by atoms with Crippen LogP contribution in [0.2, 0.25) is 0 Å². The summed E-state index contributed by atoms with van der Waals surface area (Å²) in [6, 6.07) is 5.91. The molecule has 2 aromatic rings. The molecule has 1 aliphatic rings. The van der Waals surface area contributed by atoms with Crippen molar-refractivity contribution >= 4 is 21.7 Å². The van der Waals surface area contributed by atoms with Crippen LogP contribution in [-0.2, 0) is 12.0 Å². The summed E-state index contributed by atoms with van der Waals surface area (Å²) >= 11 is 3.18. The predicted octanol–water partition coefficient (Wildman–Crippen LogP) is 4.17. The van der Waals surface area contributed by atoms with Crippen molar-refractivity contribution < 1.29 is 26.7 Å². The number of carbonyl (C=O) groups is 1. The van der Waals surface area contributed by atoms with E-state index in [9.17, 15) is 26.7 Å². The van der Waals surface area contributed by atoms with Gasteiger partial charge in [0.2, 0.25) is 0 Å². The lowest BCUT2D eigenvalue weighted by Gasteiger charge is -2.46. The molecular formula is C19H17BrF5N3O. The number of nitrogens with one attached hydrogen (secondary N) is 1. The zero-order valence-corrected chi connectivity index (χ0v) is 16.5. The summed E-state index contributed by atoms with van der Waals surface area (Å²) in [7, 11) is 0. The molecule has 1 aromatic carbocycles. The van der Waals surface area contributed by atoms with E-state index < -0.39 is 47.6 Å². The molecule has 4 nitrogen and oxygen atoms in total. The molecule has 156 valence electrons. The van der Waals surface area contributed by atoms with E-state index in [1.807, 2.05) is 5.32 Å². The number of halogens is 6. The van der Waals surface area contributed by atoms with Crippen LogP contribution >= 0.6 is 15.9 Å². The Morgan fingerprint density at radius 1 is 1.31 bits per heavy atom. The van der Waals surface area contributed by atoms with Crippen LogP contribution in [0.3, 0.4) is 0 Å². The van der Waals surface area contributed by atoms with Crippen LogP contribution in [0, 0.1) is 5.82 Å². The molecule has 0 saturated carbocycles. The molecule has 1 unspecified atom stereocenters. The van der Waals surface area contributed by atoms with Crippen molar-refractivity contribution in [1.29, 1.82) is 0 Å². The van der Waals surface area contributed by atoms with E-state index in [1.165, 1.54) is 18.3 Å². The summed E-state index contributed by atoms with van der Waals surface area (Å²) < 4.78 is 72.4. The Labute approximate surface area is 171 Å². The minimum atomic E-state index is -3.95. The molecule has 1 saturated heterocycles. The van der Waals surface area contributed by atoms with E-state index in [4.69, 9.17) is 5.73 Å². The van der Waals surface area contributed by atoms with Gasteiger partial charge < -0.3 is 5.73 Å². The number of benzene rings is 1. The van der Waals surface area contributed by atoms with E-state index in [0.717, 1.165) is 12.1 Å². The largest absolute Gasteiger partial charge is 0.316 e. The van der Waals surface area contributed by atoms with Crippen LogP contribution < -0.4 is 11.1 Å². The number of hydrogen-bond donors (Lipinski definition) is 2. The zero-order valence-electron chi connectivity index (χ0n) is 14.9. The van der Waals surface area contributed by atoms with Crippen molar-refractivity contribution in [2.75, 3.05) is 0 Å². The summed E-state index contributed by atoms with van der Waals surface area (Å²) in [5.74, 6) is -5.65. The van der Waals surface area contributed by atoms with Gasteiger partial charge in [0.15, 0.2) is 11.3 Å². The monoisotopic (exact) mass is 477 g/mol. The first-order chi connectivity index (χ1) is 13.6. The first kappa shape index (κ1) is 21.8. The van der Waals surface area contributed by atoms with Gasteiger partial charge in [-0.05, 0) is 46.1 Å². The maximum Gasteiger partial charge on any atom is 0.275 e. The lowest BCUT2D eigenvalue weighted by atomic mass is 9.77. The lowest BCUT2D eigenvalue weighted by Crippen LogP contribution is -2.68. The van der Waals surface area contributed by atoms with E-state index in [-0.39, 0.29) is 24.1 Å². The van der Waals surface area contributed by atoms with E-state index >= 15 is 0 Å². The van der Waals surface area contributed by atoms with Gasteiger partial charge in [0.05, 0.1) is 6.17 Å². The molecule has 1 aromatic heterocycles. The van der Waals surface area contributed by atoms with Crippen molar-refractivity contribution in [1.82, 2.24) is 10.3 Å². The first-order valence-electron chi connectivity index (χ1n) is 8.70. The topological polar surface area (TPSA) is 68.0 Å². The standard InChI is InChI=1S/C19H17BrF5N3O/c20-11-2-4-14(27-9-11)15(29)8-10-1-3-13(21)12(7-10)19(17(22)23)18(24,25)6-5-16(26)28-19/h1-4,7,9,16-17,28H,5-6,8,26H2/t16?,19-/m0/s1. The van der Waals surface area contributed by atoms with Crippen molar-refractivity contribution in [2.45, 2.75) is 43.3 Å². The van der Waals surface area contributed by atoms with Crippen LogP contribution in [0.4, 0.5) is 22.0 Å². The highest BCUT2D eigenvalue weighted by atomic mass is 79.9. The van der Waals surface area contributed by atoms with Crippen LogP contribution in [0.25, 0.3) is 0 Å². The van der Waals surface area contributed by atoms with E-state index in [1.54, 1.807) is 6.07 Å². The number of aromatic nitrogens is 1. The summed E-state index contributed by atoms with van der Waals surface area (Å²) in [5.41, 5.74) is 1.60. The molecule has 3 rings (SSSR count). The van der Waals surface area contributed by atoms with Gasteiger partial charge >= 0.3 is 0 Å². The number of hydrogen-bond acceptors (Lipinski definition) is 4. The Morgan fingerprint density at radius 3 is 2.66 bits per heavy atom. The molecule has 1 aliphatic heterocycles. The molecule has 0 amide bonds. The van der Waals surface area contributed by atoms with Gasteiger partial charge in [0.1, 0.15) is 11.5 Å². The number of carbonyl (C=O) groups excluding carboxylic acids is 1. The number of rotatable bonds is 5. The van der Waals surface area contributed by atoms with Gasteiger partial charge in [-0.2, -0.15) is 0 Å². The van der Waals surface area contributed by atoms with Crippen LogP contribution in [0.5, 0.6) is 0 Å². The fraction of sp³-hybridized carbons (Fsp3) is 0.368. The lowest BCUT2D eigenvalue weighted by molar-refractivity contribution is -0.181. The fourth-order valence-corrected chi connectivity index (χ4v) is 3.65. The highest BCUT2D eigenvalue weighted by molar-refractivity contribution is 9.10. The number of piperidine rings is 1. The van der Waals surface area contributed by atoms with Gasteiger partial charge in [0, 0.05) is 29.1 Å². The molecule has 1 fully saturated rings. The predicted molar refractivity (Wildman–Crippen MR) is 99.3 cm³/mol. The van der Waals surface area contributed by atoms with Crippen molar-refractivity contribution in [2.24, 2.45) is 5.73 Å². The third kappa shape index (κ3) is 4.06. The maximum absolute atomic E-state index is 14.7. The summed E-state index contributed by atoms with van der Waals surface area (Å²) in [4.78, 5) is 16.3. The Hall–Kier alpha value is -1.91. The number of nitrogens with zero attached hydrogens (tertiary/aromatic N) is 1. The second-order valence-electron chi connectivity index (χ2n) is 6.88. The number of alkyl halides is 4. The molecule has 3 N–H and O–H groups in total. The number of Topliss-reactive ketones (excluding diaryl/α,β-unsaturated/α-hetero) is 1. The second-order valence-corrected chi connectivity index (χ2v) is 7.79. The second kappa shape index (κ2) is 8.08. The molecule has 0 bridgehead atoms. The summed E-state index contributed by atoms with van der Waals surface area (Å²) in [5, 5.41) is 2.03. The van der Waals surface area contributed by atoms with Crippen LogP contribution in [-0.4, -0.2) is 29.3 Å². The molecule has 2 atom stereocenters. The average Bonchev–Trinajstić information content (AvgIpc) is 2.65. The highest BCUT2D eigenvalue weighted by Crippen LogP contribution is 2.48. The van der Waals surface area contributed by atoms with Crippen molar-refractivity contribution in [3.8, 4) is 0 Å². The van der Waals surface area contributed by atoms with Gasteiger partial charge in [-0.15, -0.1) is 0 Å². The Kier molecular flexibility index (Phi) is 6.07. The third-order valence-electron chi connectivity index (χ3n) is 4.92. The number of pyridine rings is 1. The van der Waals surface area contributed by atoms with E-state index in [0.29, 0.717) is 4.47 Å². The molecule has 29 heavy (non-hydrogen) atoms. The fourth-order valence-electron chi connectivity index (χ4n) is 3.42. The van der Waals surface area contributed by atoms with Gasteiger partial charge in [0.25, 0.3) is 12.3 Å². The number of nitrogens with two attached hydrogens (primary N) is 1. The Morgan fingerprint density at radius 2 is 2.03 bits per heavy atom. The minimum Gasteiger partial charge on any atom is -0.316 e. The minimum absolute atomic E-state index is 0.103. The van der Waals surface area contributed by atoms with Gasteiger partial charge in [-0.3, -0.25) is 15.1 Å². The van der Waals surface area contributed by atoms with Crippen molar-refractivity contribution in [3.05, 3.63) is 63.6 Å². The smallest absolute Gasteiger partial charge is 0.275 e. The van der Waals surface area contributed by atoms with Crippen molar-refractivity contribution in [3.63, 3.8) is 0 Å². The van der Waals surface area contributed by atoms with E-state index in [2.05, 4.69) is 20.9 Å². The normalized spacial score (nSPS) is 23.9. The highest BCUT2D eigenvalue weighted by Gasteiger charge is 2.64. The molecule has 0 spiro atoms. The van der Waals surface area contributed by atoms with Crippen LogP contribution in [0.15, 0.2) is 41.0 Å². The van der Waals surface area contributed by atoms with Gasteiger partial charge in [-0.1, -0.05) is 12.1 Å². The quantitative estimate of drug-likeness (QED) is 0.500. The maximum atomic E-state index is 14.7. The van der Waals surface area contributed by atoms with Gasteiger partial charge in [-0.25, -0.2) is 22.0 Å². The number of ketones is 1. The summed E-state index contributed by atoms with van der Waals surface area (Å²) in [6.45, 7) is 0. The molecular weight excluding hydrogens is 461 g/mol. The first-order valence-corrected chi connectivity index (χ1v) is 9.49. The molecule has 0 radical (unpaired) electrons. The Balaban J connectivity index is 2.01. The summed E-state index contributed by atoms with van der Waals surface area (Å²) in [6.07, 6.45) is -4.87. The third-order valence-corrected chi connectivity index (χ3v) is 5.39. The molecule has 0 aliphatic carbocycles. The average molecular weight is 478 g/mol. The van der Waals surface area contributed by atoms with Crippen LogP contribution in [0.1, 0.15) is 34.5 Å². The molecule has 2 heterocycles. The SMILES string of the molecule is NC1CCC(F)(F)[C@](c2cc(CC(=O)c3ccc(Br)cn3)ccc2F)(C(F)F)N1.